The first-order valence-electron chi connectivity index (χ1n) is 10.4. The van der Waals surface area contributed by atoms with Crippen molar-refractivity contribution in [3.63, 3.8) is 0 Å². The second-order valence-electron chi connectivity index (χ2n) is 8.10. The molecule has 1 aromatic heterocycles. The quantitative estimate of drug-likeness (QED) is 0.682. The number of ether oxygens (including phenoxy) is 3. The zero-order valence-electron chi connectivity index (χ0n) is 17.4. The second kappa shape index (κ2) is 9.45. The number of carbonyl (C=O) groups is 1. The van der Waals surface area contributed by atoms with E-state index in [1.165, 1.54) is 0 Å². The van der Waals surface area contributed by atoms with Crippen molar-refractivity contribution in [3.8, 4) is 5.75 Å². The third kappa shape index (κ3) is 5.98. The molecule has 2 aromatic rings. The molecule has 1 saturated heterocycles. The maximum atomic E-state index is 12.2. The average molecular weight is 455 g/mol. The van der Waals surface area contributed by atoms with E-state index in [4.69, 9.17) is 13.9 Å². The lowest BCUT2D eigenvalue weighted by Crippen LogP contribution is -2.43. The van der Waals surface area contributed by atoms with Crippen LogP contribution in [0.1, 0.15) is 55.1 Å². The standard InChI is InChI=1S/C21H24F3N3O5/c1-12-2-5-15(6-3-12)29-11-18(28)25-14-4-7-17(30-10-14)20-27-26-19(31-20)13-8-16(9-13)32-21(22,23)24/h2-3,5-6,13-14,16-17H,4,7-11H2,1H3,(H,25,28)/t13?,14-,16?,17+/m0/s1. The molecule has 1 N–H and O–H groups in total. The fraction of sp³-hybridized carbons (Fsp3) is 0.571. The lowest BCUT2D eigenvalue weighted by atomic mass is 9.82. The number of rotatable bonds is 7. The monoisotopic (exact) mass is 455 g/mol. The Balaban J connectivity index is 1.17. The van der Waals surface area contributed by atoms with E-state index < -0.39 is 18.6 Å². The van der Waals surface area contributed by atoms with E-state index in [1.54, 1.807) is 0 Å². The molecule has 2 heterocycles. The highest BCUT2D eigenvalue weighted by Gasteiger charge is 2.42. The summed E-state index contributed by atoms with van der Waals surface area (Å²) in [5.41, 5.74) is 1.11. The highest BCUT2D eigenvalue weighted by atomic mass is 19.4. The number of alkyl halides is 3. The van der Waals surface area contributed by atoms with Gasteiger partial charge in [-0.3, -0.25) is 9.53 Å². The van der Waals surface area contributed by atoms with E-state index in [-0.39, 0.29) is 43.9 Å². The van der Waals surface area contributed by atoms with Crippen LogP contribution in [0.5, 0.6) is 5.75 Å². The molecular weight excluding hydrogens is 431 g/mol. The van der Waals surface area contributed by atoms with Gasteiger partial charge in [0, 0.05) is 5.92 Å². The molecule has 4 rings (SSSR count). The Hall–Kier alpha value is -2.66. The first-order chi connectivity index (χ1) is 15.2. The zero-order valence-corrected chi connectivity index (χ0v) is 17.4. The predicted octanol–water partition coefficient (Wildman–Crippen LogP) is 3.58. The zero-order chi connectivity index (χ0) is 22.7. The summed E-state index contributed by atoms with van der Waals surface area (Å²) in [4.78, 5) is 12.1. The highest BCUT2D eigenvalue weighted by molar-refractivity contribution is 5.77. The minimum Gasteiger partial charge on any atom is -0.484 e. The molecule has 2 aliphatic rings. The third-order valence-electron chi connectivity index (χ3n) is 5.51. The van der Waals surface area contributed by atoms with Crippen molar-refractivity contribution >= 4 is 5.91 Å². The molecular formula is C21H24F3N3O5. The summed E-state index contributed by atoms with van der Waals surface area (Å²) in [7, 11) is 0. The van der Waals surface area contributed by atoms with Crippen molar-refractivity contribution in [1.29, 1.82) is 0 Å². The summed E-state index contributed by atoms with van der Waals surface area (Å²) in [6.45, 7) is 2.16. The van der Waals surface area contributed by atoms with Crippen LogP contribution in [-0.4, -0.2) is 47.8 Å². The van der Waals surface area contributed by atoms with Crippen LogP contribution >= 0.6 is 0 Å². The highest BCUT2D eigenvalue weighted by Crippen LogP contribution is 2.41. The van der Waals surface area contributed by atoms with Crippen LogP contribution in [0, 0.1) is 6.92 Å². The van der Waals surface area contributed by atoms with Gasteiger partial charge in [-0.25, -0.2) is 0 Å². The molecule has 1 aliphatic heterocycles. The molecule has 2 fully saturated rings. The number of carbonyl (C=O) groups excluding carboxylic acids is 1. The van der Waals surface area contributed by atoms with Crippen molar-refractivity contribution < 1.29 is 36.6 Å². The summed E-state index contributed by atoms with van der Waals surface area (Å²) >= 11 is 0. The summed E-state index contributed by atoms with van der Waals surface area (Å²) in [5.74, 6) is 0.744. The Labute approximate surface area is 182 Å². The van der Waals surface area contributed by atoms with Gasteiger partial charge in [0.25, 0.3) is 5.91 Å². The fourth-order valence-corrected chi connectivity index (χ4v) is 3.71. The van der Waals surface area contributed by atoms with Gasteiger partial charge in [-0.05, 0) is 44.7 Å². The van der Waals surface area contributed by atoms with Crippen molar-refractivity contribution in [2.24, 2.45) is 0 Å². The van der Waals surface area contributed by atoms with Gasteiger partial charge >= 0.3 is 6.36 Å². The second-order valence-corrected chi connectivity index (χ2v) is 8.10. The van der Waals surface area contributed by atoms with Gasteiger partial charge in [-0.15, -0.1) is 23.4 Å². The molecule has 0 radical (unpaired) electrons. The van der Waals surface area contributed by atoms with Gasteiger partial charge in [0.1, 0.15) is 11.9 Å². The van der Waals surface area contributed by atoms with Crippen molar-refractivity contribution in [2.45, 2.75) is 63.1 Å². The van der Waals surface area contributed by atoms with Gasteiger partial charge < -0.3 is 19.2 Å². The lowest BCUT2D eigenvalue weighted by Gasteiger charge is -2.33. The molecule has 32 heavy (non-hydrogen) atoms. The third-order valence-corrected chi connectivity index (χ3v) is 5.51. The maximum Gasteiger partial charge on any atom is 0.522 e. The molecule has 0 bridgehead atoms. The molecule has 0 unspecified atom stereocenters. The summed E-state index contributed by atoms with van der Waals surface area (Å²) in [6, 6.07) is 7.27. The first kappa shape index (κ1) is 22.5. The van der Waals surface area contributed by atoms with Crippen LogP contribution in [0.2, 0.25) is 0 Å². The Morgan fingerprint density at radius 2 is 1.88 bits per heavy atom. The number of nitrogens with zero attached hydrogens (tertiary/aromatic N) is 2. The van der Waals surface area contributed by atoms with Gasteiger partial charge in [0.15, 0.2) is 6.61 Å². The van der Waals surface area contributed by atoms with Crippen LogP contribution in [0.4, 0.5) is 13.2 Å². The topological polar surface area (TPSA) is 95.7 Å². The largest absolute Gasteiger partial charge is 0.522 e. The van der Waals surface area contributed by atoms with Gasteiger partial charge in [-0.2, -0.15) is 0 Å². The molecule has 11 heteroatoms. The fourth-order valence-electron chi connectivity index (χ4n) is 3.71. The Kier molecular flexibility index (Phi) is 6.66. The van der Waals surface area contributed by atoms with Crippen LogP contribution in [0.25, 0.3) is 0 Å². The number of amides is 1. The number of aryl methyl sites for hydroxylation is 1. The molecule has 1 aliphatic carbocycles. The first-order valence-corrected chi connectivity index (χ1v) is 10.4. The minimum absolute atomic E-state index is 0.0869. The molecule has 2 atom stereocenters. The number of aromatic nitrogens is 2. The lowest BCUT2D eigenvalue weighted by molar-refractivity contribution is -0.352. The predicted molar refractivity (Wildman–Crippen MR) is 104 cm³/mol. The smallest absolute Gasteiger partial charge is 0.484 e. The van der Waals surface area contributed by atoms with E-state index in [9.17, 15) is 18.0 Å². The van der Waals surface area contributed by atoms with E-state index in [1.807, 2.05) is 31.2 Å². The molecule has 8 nitrogen and oxygen atoms in total. The van der Waals surface area contributed by atoms with Crippen LogP contribution in [0.15, 0.2) is 28.7 Å². The van der Waals surface area contributed by atoms with Crippen molar-refractivity contribution in [3.05, 3.63) is 41.6 Å². The molecule has 0 spiro atoms. The molecule has 1 aromatic carbocycles. The summed E-state index contributed by atoms with van der Waals surface area (Å²) in [6.07, 6.45) is -4.32. The van der Waals surface area contributed by atoms with E-state index in [0.29, 0.717) is 30.4 Å². The molecule has 174 valence electrons. The van der Waals surface area contributed by atoms with E-state index in [0.717, 1.165) is 5.56 Å². The number of hydrogen-bond donors (Lipinski definition) is 1. The summed E-state index contributed by atoms with van der Waals surface area (Å²) < 4.78 is 57.5. The number of nitrogens with one attached hydrogen (secondary N) is 1. The van der Waals surface area contributed by atoms with Gasteiger partial charge in [-0.1, -0.05) is 17.7 Å². The normalized spacial score (nSPS) is 25.8. The molecule has 1 saturated carbocycles. The van der Waals surface area contributed by atoms with Gasteiger partial charge in [0.05, 0.1) is 18.8 Å². The number of hydrogen-bond acceptors (Lipinski definition) is 7. The van der Waals surface area contributed by atoms with Crippen LogP contribution in [-0.2, 0) is 14.3 Å². The van der Waals surface area contributed by atoms with Gasteiger partial charge in [0.2, 0.25) is 11.8 Å². The Morgan fingerprint density at radius 3 is 2.53 bits per heavy atom. The van der Waals surface area contributed by atoms with Crippen LogP contribution in [0.3, 0.4) is 0 Å². The van der Waals surface area contributed by atoms with Crippen molar-refractivity contribution in [1.82, 2.24) is 15.5 Å². The van der Waals surface area contributed by atoms with Crippen molar-refractivity contribution in [2.75, 3.05) is 13.2 Å². The SMILES string of the molecule is Cc1ccc(OCC(=O)N[C@H]2CC[C@H](c3nnc(C4CC(OC(F)(F)F)C4)o3)OC2)cc1. The number of halogens is 3. The van der Waals surface area contributed by atoms with E-state index in [2.05, 4.69) is 20.3 Å². The molecule has 1 amide bonds. The average Bonchev–Trinajstić information content (AvgIpc) is 3.19. The van der Waals surface area contributed by atoms with E-state index >= 15 is 0 Å². The Morgan fingerprint density at radius 1 is 1.16 bits per heavy atom. The Bertz CT molecular complexity index is 904. The minimum atomic E-state index is -4.63. The summed E-state index contributed by atoms with van der Waals surface area (Å²) in [5, 5.41) is 10.8. The van der Waals surface area contributed by atoms with Crippen LogP contribution < -0.4 is 10.1 Å². The maximum absolute atomic E-state index is 12.2. The number of benzene rings is 1.